The van der Waals surface area contributed by atoms with Crippen molar-refractivity contribution in [1.82, 2.24) is 9.80 Å². The largest absolute Gasteiger partial charge is 0.447 e. The fourth-order valence-electron chi connectivity index (χ4n) is 1.02. The Morgan fingerprint density at radius 1 is 1.77 bits per heavy atom. The van der Waals surface area contributed by atoms with Gasteiger partial charge in [0.25, 0.3) is 0 Å². The number of hydrogen-bond donors (Lipinski definition) is 0. The van der Waals surface area contributed by atoms with Crippen LogP contribution in [0.5, 0.6) is 0 Å². The van der Waals surface area contributed by atoms with Crippen molar-refractivity contribution in [2.45, 2.75) is 0 Å². The average molecular weight is 181 g/mol. The Bertz CT molecular complexity index is 278. The SMILES string of the molecule is CN(C)C=C(C#N)N1CCOC1=O. The van der Waals surface area contributed by atoms with E-state index in [1.165, 1.54) is 4.90 Å². The molecule has 1 amide bonds. The lowest BCUT2D eigenvalue weighted by Gasteiger charge is -2.13. The first-order valence-corrected chi connectivity index (χ1v) is 3.88. The molecule has 0 aliphatic carbocycles. The van der Waals surface area contributed by atoms with Crippen molar-refractivity contribution in [2.24, 2.45) is 0 Å². The molecule has 1 saturated heterocycles. The highest BCUT2D eigenvalue weighted by Crippen LogP contribution is 2.11. The van der Waals surface area contributed by atoms with Crippen molar-refractivity contribution in [1.29, 1.82) is 5.26 Å². The van der Waals surface area contributed by atoms with Crippen molar-refractivity contribution in [3.05, 3.63) is 11.9 Å². The summed E-state index contributed by atoms with van der Waals surface area (Å²) in [5.41, 5.74) is 0.313. The van der Waals surface area contributed by atoms with Gasteiger partial charge in [0.2, 0.25) is 0 Å². The van der Waals surface area contributed by atoms with Crippen LogP contribution in [0.4, 0.5) is 4.79 Å². The predicted octanol–water partition coefficient (Wildman–Crippen LogP) is 0.365. The summed E-state index contributed by atoms with van der Waals surface area (Å²) in [5.74, 6) is 0. The minimum atomic E-state index is -0.449. The molecule has 0 saturated carbocycles. The number of ether oxygens (including phenoxy) is 1. The van der Waals surface area contributed by atoms with Crippen LogP contribution < -0.4 is 0 Å². The first-order chi connectivity index (χ1) is 6.15. The van der Waals surface area contributed by atoms with Gasteiger partial charge < -0.3 is 9.64 Å². The van der Waals surface area contributed by atoms with Crippen molar-refractivity contribution in [2.75, 3.05) is 27.2 Å². The number of carbonyl (C=O) groups excluding carboxylic acids is 1. The molecule has 5 nitrogen and oxygen atoms in total. The zero-order valence-corrected chi connectivity index (χ0v) is 7.65. The van der Waals surface area contributed by atoms with Crippen LogP contribution in [0.3, 0.4) is 0 Å². The smallest absolute Gasteiger partial charge is 0.415 e. The second-order valence-electron chi connectivity index (χ2n) is 2.86. The molecule has 0 aromatic carbocycles. The van der Waals surface area contributed by atoms with Gasteiger partial charge in [-0.15, -0.1) is 0 Å². The summed E-state index contributed by atoms with van der Waals surface area (Å²) in [6.45, 7) is 0.803. The molecule has 0 N–H and O–H groups in total. The van der Waals surface area contributed by atoms with Gasteiger partial charge >= 0.3 is 6.09 Å². The summed E-state index contributed by atoms with van der Waals surface area (Å²) in [7, 11) is 3.58. The maximum absolute atomic E-state index is 11.0. The molecule has 0 radical (unpaired) electrons. The van der Waals surface area contributed by atoms with Gasteiger partial charge in [-0.2, -0.15) is 5.26 Å². The standard InChI is InChI=1S/C8H11N3O2/c1-10(2)6-7(5-9)11-3-4-13-8(11)12/h6H,3-4H2,1-2H3. The third kappa shape index (κ3) is 2.12. The summed E-state index contributed by atoms with van der Waals surface area (Å²) in [6, 6.07) is 1.95. The monoisotopic (exact) mass is 181 g/mol. The van der Waals surface area contributed by atoms with E-state index in [4.69, 9.17) is 10.00 Å². The second-order valence-corrected chi connectivity index (χ2v) is 2.86. The number of amides is 1. The quantitative estimate of drug-likeness (QED) is 0.577. The van der Waals surface area contributed by atoms with Gasteiger partial charge in [-0.05, 0) is 0 Å². The van der Waals surface area contributed by atoms with Crippen molar-refractivity contribution in [3.8, 4) is 6.07 Å². The van der Waals surface area contributed by atoms with Crippen molar-refractivity contribution < 1.29 is 9.53 Å². The van der Waals surface area contributed by atoms with Gasteiger partial charge in [-0.25, -0.2) is 4.79 Å². The zero-order chi connectivity index (χ0) is 9.84. The van der Waals surface area contributed by atoms with Crippen LogP contribution in [0.15, 0.2) is 11.9 Å². The summed E-state index contributed by atoms with van der Waals surface area (Å²) in [6.07, 6.45) is 1.14. The van der Waals surface area contributed by atoms with E-state index in [-0.39, 0.29) is 0 Å². The van der Waals surface area contributed by atoms with Gasteiger partial charge in [0.15, 0.2) is 0 Å². The molecule has 70 valence electrons. The summed E-state index contributed by atoms with van der Waals surface area (Å²) in [5, 5.41) is 8.76. The van der Waals surface area contributed by atoms with Crippen LogP contribution in [0.2, 0.25) is 0 Å². The number of carbonyl (C=O) groups is 1. The third-order valence-corrected chi connectivity index (χ3v) is 1.55. The molecule has 5 heteroatoms. The van der Waals surface area contributed by atoms with Gasteiger partial charge in [0.1, 0.15) is 18.4 Å². The van der Waals surface area contributed by atoms with E-state index in [0.29, 0.717) is 18.8 Å². The number of hydrogen-bond acceptors (Lipinski definition) is 4. The molecule has 0 aromatic heterocycles. The summed E-state index contributed by atoms with van der Waals surface area (Å²) in [4.78, 5) is 14.1. The molecule has 1 aliphatic rings. The molecule has 0 spiro atoms. The van der Waals surface area contributed by atoms with Gasteiger partial charge in [-0.1, -0.05) is 0 Å². The number of nitriles is 1. The van der Waals surface area contributed by atoms with Crippen LogP contribution in [0.1, 0.15) is 0 Å². The number of cyclic esters (lactones) is 1. The fraction of sp³-hybridized carbons (Fsp3) is 0.500. The zero-order valence-electron chi connectivity index (χ0n) is 7.65. The molecule has 0 bridgehead atoms. The highest BCUT2D eigenvalue weighted by atomic mass is 16.6. The Labute approximate surface area is 76.8 Å². The maximum Gasteiger partial charge on any atom is 0.415 e. The third-order valence-electron chi connectivity index (χ3n) is 1.55. The highest BCUT2D eigenvalue weighted by molar-refractivity contribution is 5.72. The first kappa shape index (κ1) is 9.39. The first-order valence-electron chi connectivity index (χ1n) is 3.88. The molecule has 1 aliphatic heterocycles. The normalized spacial score (nSPS) is 16.8. The molecule has 1 rings (SSSR count). The molecule has 0 aromatic rings. The van der Waals surface area contributed by atoms with Crippen molar-refractivity contribution in [3.63, 3.8) is 0 Å². The molecule has 0 atom stereocenters. The van der Waals surface area contributed by atoms with E-state index in [1.54, 1.807) is 25.2 Å². The van der Waals surface area contributed by atoms with E-state index in [2.05, 4.69) is 0 Å². The number of rotatable bonds is 2. The number of nitrogens with zero attached hydrogens (tertiary/aromatic N) is 3. The lowest BCUT2D eigenvalue weighted by Crippen LogP contribution is -2.24. The lowest BCUT2D eigenvalue weighted by atomic mass is 10.4. The van der Waals surface area contributed by atoms with E-state index in [0.717, 1.165) is 0 Å². The molecule has 13 heavy (non-hydrogen) atoms. The van der Waals surface area contributed by atoms with Crippen LogP contribution in [0.25, 0.3) is 0 Å². The van der Waals surface area contributed by atoms with Crippen LogP contribution in [-0.4, -0.2) is 43.1 Å². The molecular formula is C8H11N3O2. The summed E-state index contributed by atoms with van der Waals surface area (Å²) >= 11 is 0. The van der Waals surface area contributed by atoms with Crippen molar-refractivity contribution >= 4 is 6.09 Å². The fourth-order valence-corrected chi connectivity index (χ4v) is 1.02. The minimum absolute atomic E-state index is 0.313. The summed E-state index contributed by atoms with van der Waals surface area (Å²) < 4.78 is 4.71. The van der Waals surface area contributed by atoms with Gasteiger partial charge in [0.05, 0.1) is 6.54 Å². The lowest BCUT2D eigenvalue weighted by molar-refractivity contribution is 0.165. The Morgan fingerprint density at radius 3 is 2.85 bits per heavy atom. The molecule has 1 fully saturated rings. The van der Waals surface area contributed by atoms with E-state index in [9.17, 15) is 4.79 Å². The molecule has 1 heterocycles. The number of allylic oxidation sites excluding steroid dienone is 1. The maximum atomic E-state index is 11.0. The highest BCUT2D eigenvalue weighted by Gasteiger charge is 2.25. The predicted molar refractivity (Wildman–Crippen MR) is 45.4 cm³/mol. The average Bonchev–Trinajstić information content (AvgIpc) is 2.47. The Hall–Kier alpha value is -1.70. The van der Waals surface area contributed by atoms with Crippen LogP contribution in [0, 0.1) is 11.3 Å². The molecular weight excluding hydrogens is 170 g/mol. The van der Waals surface area contributed by atoms with Crippen LogP contribution >= 0.6 is 0 Å². The van der Waals surface area contributed by atoms with E-state index >= 15 is 0 Å². The van der Waals surface area contributed by atoms with Gasteiger partial charge in [-0.3, -0.25) is 4.90 Å². The topological polar surface area (TPSA) is 56.6 Å². The Morgan fingerprint density at radius 2 is 2.46 bits per heavy atom. The Kier molecular flexibility index (Phi) is 2.75. The van der Waals surface area contributed by atoms with E-state index in [1.807, 2.05) is 6.07 Å². The van der Waals surface area contributed by atoms with Gasteiger partial charge in [0, 0.05) is 20.3 Å². The minimum Gasteiger partial charge on any atom is -0.447 e. The Balaban J connectivity index is 2.79. The van der Waals surface area contributed by atoms with E-state index < -0.39 is 6.09 Å². The molecule has 0 unspecified atom stereocenters. The second kappa shape index (κ2) is 3.81. The van der Waals surface area contributed by atoms with Crippen LogP contribution in [-0.2, 0) is 4.74 Å².